The van der Waals surface area contributed by atoms with Gasteiger partial charge in [-0.3, -0.25) is 10.2 Å². The van der Waals surface area contributed by atoms with E-state index in [0.717, 1.165) is 0 Å². The van der Waals surface area contributed by atoms with E-state index in [1.54, 1.807) is 30.3 Å². The van der Waals surface area contributed by atoms with E-state index >= 15 is 0 Å². The number of benzene rings is 1. The summed E-state index contributed by atoms with van der Waals surface area (Å²) < 4.78 is 0. The van der Waals surface area contributed by atoms with Crippen LogP contribution in [0.2, 0.25) is 5.02 Å². The van der Waals surface area contributed by atoms with Gasteiger partial charge in [0.15, 0.2) is 0 Å². The molecule has 0 fully saturated rings. The number of carbonyl (C=O) groups is 1. The summed E-state index contributed by atoms with van der Waals surface area (Å²) in [5, 5.41) is 15.4. The third kappa shape index (κ3) is 3.92. The van der Waals surface area contributed by atoms with Crippen LogP contribution in [0.4, 0.5) is 5.69 Å². The summed E-state index contributed by atoms with van der Waals surface area (Å²) in [5.41, 5.74) is 2.80. The number of hydrogen-bond donors (Lipinski definition) is 2. The van der Waals surface area contributed by atoms with E-state index in [1.807, 2.05) is 0 Å². The number of carbonyl (C=O) groups excluding carboxylic acids is 1. The number of nitrogens with zero attached hydrogens (tertiary/aromatic N) is 2. The van der Waals surface area contributed by atoms with Crippen molar-refractivity contribution in [3.63, 3.8) is 0 Å². The maximum absolute atomic E-state index is 11.5. The van der Waals surface area contributed by atoms with Crippen molar-refractivity contribution in [3.8, 4) is 6.07 Å². The van der Waals surface area contributed by atoms with Crippen LogP contribution in [0.5, 0.6) is 0 Å². The van der Waals surface area contributed by atoms with Crippen molar-refractivity contribution in [1.82, 2.24) is 5.32 Å². The fraction of sp³-hybridized carbons (Fsp3) is 0.0833. The van der Waals surface area contributed by atoms with Crippen molar-refractivity contribution in [1.29, 1.82) is 5.26 Å². The quantitative estimate of drug-likeness (QED) is 0.484. The maximum atomic E-state index is 11.5. The predicted molar refractivity (Wildman–Crippen MR) is 71.3 cm³/mol. The van der Waals surface area contributed by atoms with Crippen LogP contribution in [0.25, 0.3) is 0 Å². The first-order valence-corrected chi connectivity index (χ1v) is 5.44. The molecule has 0 aliphatic rings. The molecule has 0 unspecified atom stereocenters. The van der Waals surface area contributed by atoms with E-state index in [2.05, 4.69) is 22.4 Å². The first-order valence-electron chi connectivity index (χ1n) is 5.06. The van der Waals surface area contributed by atoms with Crippen molar-refractivity contribution in [2.75, 3.05) is 12.0 Å². The van der Waals surface area contributed by atoms with E-state index in [-0.39, 0.29) is 12.3 Å². The number of hydrazone groups is 1. The lowest BCUT2D eigenvalue weighted by Crippen LogP contribution is -2.30. The lowest BCUT2D eigenvalue weighted by Gasteiger charge is -2.03. The Labute approximate surface area is 110 Å². The van der Waals surface area contributed by atoms with Gasteiger partial charge >= 0.3 is 0 Å². The highest BCUT2D eigenvalue weighted by Gasteiger charge is 2.09. The fourth-order valence-corrected chi connectivity index (χ4v) is 1.22. The number of anilines is 1. The molecule has 0 heterocycles. The zero-order valence-corrected chi connectivity index (χ0v) is 10.2. The van der Waals surface area contributed by atoms with E-state index in [0.29, 0.717) is 10.7 Å². The molecule has 1 amide bonds. The Morgan fingerprint density at radius 1 is 1.56 bits per heavy atom. The number of nitriles is 1. The molecule has 0 spiro atoms. The largest absolute Gasteiger partial charge is 0.347 e. The predicted octanol–water partition coefficient (Wildman–Crippen LogP) is 1.93. The fourth-order valence-electron chi connectivity index (χ4n) is 1.04. The van der Waals surface area contributed by atoms with E-state index in [4.69, 9.17) is 16.9 Å². The molecule has 0 aliphatic heterocycles. The summed E-state index contributed by atoms with van der Waals surface area (Å²) in [6.07, 6.45) is 1.51. The number of nitrogens with one attached hydrogen (secondary N) is 2. The Kier molecular flexibility index (Phi) is 5.42. The number of rotatable bonds is 5. The molecule has 0 bridgehead atoms. The average molecular weight is 263 g/mol. The Morgan fingerprint density at radius 3 is 2.89 bits per heavy atom. The summed E-state index contributed by atoms with van der Waals surface area (Å²) in [5.74, 6) is -0.572. The minimum Gasteiger partial charge on any atom is -0.347 e. The van der Waals surface area contributed by atoms with Crippen molar-refractivity contribution >= 4 is 28.9 Å². The molecule has 92 valence electrons. The first-order chi connectivity index (χ1) is 8.69. The molecule has 0 radical (unpaired) electrons. The van der Waals surface area contributed by atoms with Gasteiger partial charge in [-0.25, -0.2) is 0 Å². The lowest BCUT2D eigenvalue weighted by atomic mass is 10.3. The summed E-state index contributed by atoms with van der Waals surface area (Å²) in [6.45, 7) is 3.72. The molecule has 0 saturated heterocycles. The lowest BCUT2D eigenvalue weighted by molar-refractivity contribution is -0.114. The van der Waals surface area contributed by atoms with E-state index in [1.165, 1.54) is 6.08 Å². The minimum atomic E-state index is -0.572. The Morgan fingerprint density at radius 2 is 2.28 bits per heavy atom. The average Bonchev–Trinajstić information content (AvgIpc) is 2.39. The Bertz CT molecular complexity index is 519. The molecule has 0 aliphatic carbocycles. The number of amides is 1. The molecule has 0 atom stereocenters. The van der Waals surface area contributed by atoms with E-state index < -0.39 is 5.91 Å². The first kappa shape index (κ1) is 13.7. The van der Waals surface area contributed by atoms with E-state index in [9.17, 15) is 4.79 Å². The van der Waals surface area contributed by atoms with Crippen LogP contribution in [-0.4, -0.2) is 18.2 Å². The highest BCUT2D eigenvalue weighted by molar-refractivity contribution is 6.45. The molecule has 6 heteroatoms. The van der Waals surface area contributed by atoms with Gasteiger partial charge in [0.2, 0.25) is 5.71 Å². The molecular formula is C12H11ClN4O. The molecular weight excluding hydrogens is 252 g/mol. The second-order valence-corrected chi connectivity index (χ2v) is 3.57. The highest BCUT2D eigenvalue weighted by Crippen LogP contribution is 2.20. The van der Waals surface area contributed by atoms with Crippen LogP contribution < -0.4 is 10.7 Å². The molecule has 1 rings (SSSR count). The SMILES string of the molecule is C=CCNC(=O)C(C#N)=NNc1ccccc1Cl. The smallest absolute Gasteiger partial charge is 0.282 e. The van der Waals surface area contributed by atoms with Gasteiger partial charge in [-0.1, -0.05) is 29.8 Å². The van der Waals surface area contributed by atoms with Gasteiger partial charge in [-0.05, 0) is 12.1 Å². The summed E-state index contributed by atoms with van der Waals surface area (Å²) >= 11 is 5.89. The van der Waals surface area contributed by atoms with Gasteiger partial charge < -0.3 is 5.32 Å². The maximum Gasteiger partial charge on any atom is 0.282 e. The minimum absolute atomic E-state index is 0.269. The topological polar surface area (TPSA) is 77.3 Å². The molecule has 0 saturated carbocycles. The van der Waals surface area contributed by atoms with Gasteiger partial charge in [-0.2, -0.15) is 10.4 Å². The van der Waals surface area contributed by atoms with Gasteiger partial charge in [-0.15, -0.1) is 6.58 Å². The second-order valence-electron chi connectivity index (χ2n) is 3.16. The van der Waals surface area contributed by atoms with Crippen molar-refractivity contribution in [2.24, 2.45) is 5.10 Å². The summed E-state index contributed by atoms with van der Waals surface area (Å²) in [6, 6.07) is 8.57. The molecule has 5 nitrogen and oxygen atoms in total. The zero-order chi connectivity index (χ0) is 13.4. The van der Waals surface area contributed by atoms with Crippen LogP contribution in [-0.2, 0) is 4.79 Å². The summed E-state index contributed by atoms with van der Waals surface area (Å²) in [7, 11) is 0. The zero-order valence-electron chi connectivity index (χ0n) is 9.48. The van der Waals surface area contributed by atoms with Crippen molar-refractivity contribution in [3.05, 3.63) is 41.9 Å². The van der Waals surface area contributed by atoms with Crippen LogP contribution >= 0.6 is 11.6 Å². The number of halogens is 1. The monoisotopic (exact) mass is 262 g/mol. The highest BCUT2D eigenvalue weighted by atomic mass is 35.5. The van der Waals surface area contributed by atoms with Crippen molar-refractivity contribution < 1.29 is 4.79 Å². The Balaban J connectivity index is 2.75. The number of para-hydroxylation sites is 1. The van der Waals surface area contributed by atoms with Crippen LogP contribution in [0.1, 0.15) is 0 Å². The molecule has 1 aromatic rings. The van der Waals surface area contributed by atoms with Crippen molar-refractivity contribution in [2.45, 2.75) is 0 Å². The van der Waals surface area contributed by atoms with Gasteiger partial charge in [0, 0.05) is 6.54 Å². The van der Waals surface area contributed by atoms with Gasteiger partial charge in [0.25, 0.3) is 5.91 Å². The Hall–Kier alpha value is -2.32. The van der Waals surface area contributed by atoms with Gasteiger partial charge in [0.1, 0.15) is 6.07 Å². The third-order valence-electron chi connectivity index (χ3n) is 1.89. The molecule has 0 aromatic heterocycles. The van der Waals surface area contributed by atoms with Crippen LogP contribution in [0, 0.1) is 11.3 Å². The standard InChI is InChI=1S/C12H11ClN4O/c1-2-7-15-12(18)11(8-14)17-16-10-6-4-3-5-9(10)13/h2-6,16H,1,7H2,(H,15,18). The number of hydrogen-bond acceptors (Lipinski definition) is 4. The molecule has 18 heavy (non-hydrogen) atoms. The second kappa shape index (κ2) is 7.09. The molecule has 1 aromatic carbocycles. The summed E-state index contributed by atoms with van der Waals surface area (Å²) in [4.78, 5) is 11.5. The van der Waals surface area contributed by atoms with Crippen LogP contribution in [0.15, 0.2) is 42.0 Å². The normalized spacial score (nSPS) is 10.3. The van der Waals surface area contributed by atoms with Gasteiger partial charge in [0.05, 0.1) is 10.7 Å². The molecule has 2 N–H and O–H groups in total. The third-order valence-corrected chi connectivity index (χ3v) is 2.22. The van der Waals surface area contributed by atoms with Crippen LogP contribution in [0.3, 0.4) is 0 Å².